The molecule has 2 atom stereocenters. The van der Waals surface area contributed by atoms with Crippen LogP contribution in [-0.4, -0.2) is 35.1 Å². The summed E-state index contributed by atoms with van der Waals surface area (Å²) in [6.45, 7) is 0. The molecule has 1 aliphatic carbocycles. The highest BCUT2D eigenvalue weighted by atomic mass is 16.6. The van der Waals surface area contributed by atoms with E-state index in [0.29, 0.717) is 12.8 Å². The number of aliphatic carboxylic acids is 1. The molecular formula is C16H20N2O6. The Kier molecular flexibility index (Phi) is 5.73. The summed E-state index contributed by atoms with van der Waals surface area (Å²) < 4.78 is 4.95. The summed E-state index contributed by atoms with van der Waals surface area (Å²) in [5.41, 5.74) is -0.0298. The lowest BCUT2D eigenvalue weighted by Crippen LogP contribution is -2.42. The first-order valence-corrected chi connectivity index (χ1v) is 7.80. The fourth-order valence-corrected chi connectivity index (χ4v) is 3.00. The standard InChI is InChI=1S/C16H20N2O6/c1-24-14-9-10(7-8-13(14)18(22)23)15(19)17-12-6-4-2-3-5-11(12)16(20)21/h7-9,11-12H,2-6H2,1H3,(H,17,19)(H,20,21)/t11-,12-/m1/s1. The van der Waals surface area contributed by atoms with Gasteiger partial charge in [-0.15, -0.1) is 0 Å². The van der Waals surface area contributed by atoms with E-state index in [1.54, 1.807) is 0 Å². The number of nitro benzene ring substituents is 1. The van der Waals surface area contributed by atoms with E-state index in [2.05, 4.69) is 5.32 Å². The summed E-state index contributed by atoms with van der Waals surface area (Å²) in [6, 6.07) is 3.39. The third-order valence-corrected chi connectivity index (χ3v) is 4.29. The maximum atomic E-state index is 12.4. The van der Waals surface area contributed by atoms with Crippen LogP contribution in [-0.2, 0) is 4.79 Å². The highest BCUT2D eigenvalue weighted by Crippen LogP contribution is 2.28. The van der Waals surface area contributed by atoms with Crippen molar-refractivity contribution in [2.24, 2.45) is 5.92 Å². The van der Waals surface area contributed by atoms with E-state index in [-0.39, 0.29) is 17.0 Å². The zero-order chi connectivity index (χ0) is 17.7. The third-order valence-electron chi connectivity index (χ3n) is 4.29. The molecule has 8 heteroatoms. The molecule has 1 aromatic carbocycles. The number of carboxylic acids is 1. The molecule has 0 saturated heterocycles. The van der Waals surface area contributed by atoms with Crippen molar-refractivity contribution >= 4 is 17.6 Å². The number of ether oxygens (including phenoxy) is 1. The lowest BCUT2D eigenvalue weighted by atomic mass is 9.94. The van der Waals surface area contributed by atoms with Crippen LogP contribution in [0.4, 0.5) is 5.69 Å². The molecule has 0 spiro atoms. The van der Waals surface area contributed by atoms with Gasteiger partial charge in [-0.2, -0.15) is 0 Å². The number of carboxylic acid groups (broad SMARTS) is 1. The highest BCUT2D eigenvalue weighted by molar-refractivity contribution is 5.95. The summed E-state index contributed by atoms with van der Waals surface area (Å²) in [7, 11) is 1.29. The van der Waals surface area contributed by atoms with Gasteiger partial charge in [0.15, 0.2) is 5.75 Å². The average Bonchev–Trinajstić information content (AvgIpc) is 2.79. The molecule has 0 bridgehead atoms. The normalized spacial score (nSPS) is 20.7. The van der Waals surface area contributed by atoms with Gasteiger partial charge < -0.3 is 15.2 Å². The number of methoxy groups -OCH3 is 1. The fourth-order valence-electron chi connectivity index (χ4n) is 3.00. The van der Waals surface area contributed by atoms with Crippen molar-refractivity contribution in [2.45, 2.75) is 38.1 Å². The number of hydrogen-bond acceptors (Lipinski definition) is 5. The van der Waals surface area contributed by atoms with E-state index in [1.165, 1.54) is 25.3 Å². The molecule has 0 radical (unpaired) electrons. The van der Waals surface area contributed by atoms with Gasteiger partial charge in [0, 0.05) is 23.7 Å². The Balaban J connectivity index is 2.18. The quantitative estimate of drug-likeness (QED) is 0.484. The number of carbonyl (C=O) groups is 2. The minimum atomic E-state index is -0.913. The lowest BCUT2D eigenvalue weighted by molar-refractivity contribution is -0.385. The molecule has 1 aliphatic rings. The van der Waals surface area contributed by atoms with Crippen molar-refractivity contribution in [2.75, 3.05) is 7.11 Å². The molecule has 0 heterocycles. The molecule has 1 amide bonds. The van der Waals surface area contributed by atoms with E-state index >= 15 is 0 Å². The summed E-state index contributed by atoms with van der Waals surface area (Å²) in [5, 5.41) is 23.0. The Morgan fingerprint density at radius 3 is 2.62 bits per heavy atom. The van der Waals surface area contributed by atoms with E-state index in [4.69, 9.17) is 4.74 Å². The number of benzene rings is 1. The minimum Gasteiger partial charge on any atom is -0.490 e. The summed E-state index contributed by atoms with van der Waals surface area (Å²) in [4.78, 5) is 34.1. The first-order valence-electron chi connectivity index (χ1n) is 7.80. The number of nitrogens with zero attached hydrogens (tertiary/aromatic N) is 1. The Morgan fingerprint density at radius 2 is 2.00 bits per heavy atom. The number of amides is 1. The van der Waals surface area contributed by atoms with Crippen LogP contribution in [0.1, 0.15) is 42.5 Å². The number of carbonyl (C=O) groups excluding carboxylic acids is 1. The lowest BCUT2D eigenvalue weighted by Gasteiger charge is -2.23. The molecule has 0 unspecified atom stereocenters. The summed E-state index contributed by atoms with van der Waals surface area (Å²) in [6.07, 6.45) is 3.77. The SMILES string of the molecule is COc1cc(C(=O)N[C@@H]2CCCCC[C@H]2C(=O)O)ccc1[N+](=O)[O-]. The van der Waals surface area contributed by atoms with E-state index in [0.717, 1.165) is 19.3 Å². The Bertz CT molecular complexity index is 645. The molecule has 2 rings (SSSR count). The number of nitro groups is 1. The molecule has 0 aliphatic heterocycles. The molecule has 1 aromatic rings. The number of nitrogens with one attached hydrogen (secondary N) is 1. The number of rotatable bonds is 5. The van der Waals surface area contributed by atoms with Gasteiger partial charge in [-0.25, -0.2) is 0 Å². The highest BCUT2D eigenvalue weighted by Gasteiger charge is 2.31. The molecule has 1 fully saturated rings. The van der Waals surface area contributed by atoms with Gasteiger partial charge in [0.2, 0.25) is 0 Å². The van der Waals surface area contributed by atoms with E-state index < -0.39 is 28.8 Å². The molecule has 8 nitrogen and oxygen atoms in total. The maximum Gasteiger partial charge on any atom is 0.310 e. The van der Waals surface area contributed by atoms with Crippen LogP contribution in [0.2, 0.25) is 0 Å². The van der Waals surface area contributed by atoms with Crippen molar-refractivity contribution in [3.8, 4) is 5.75 Å². The van der Waals surface area contributed by atoms with Gasteiger partial charge in [0.25, 0.3) is 5.91 Å². The molecule has 2 N–H and O–H groups in total. The van der Waals surface area contributed by atoms with Crippen LogP contribution in [0.5, 0.6) is 5.75 Å². The van der Waals surface area contributed by atoms with Crippen molar-refractivity contribution in [3.05, 3.63) is 33.9 Å². The monoisotopic (exact) mass is 336 g/mol. The molecule has 1 saturated carbocycles. The Morgan fingerprint density at radius 1 is 1.29 bits per heavy atom. The average molecular weight is 336 g/mol. The van der Waals surface area contributed by atoms with E-state index in [1.807, 2.05) is 0 Å². The third kappa shape index (κ3) is 4.01. The predicted octanol–water partition coefficient (Wildman–Crippen LogP) is 2.37. The zero-order valence-electron chi connectivity index (χ0n) is 13.4. The topological polar surface area (TPSA) is 119 Å². The van der Waals surface area contributed by atoms with Crippen LogP contribution in [0, 0.1) is 16.0 Å². The first-order chi connectivity index (χ1) is 11.4. The second-order valence-electron chi connectivity index (χ2n) is 5.81. The van der Waals surface area contributed by atoms with Crippen molar-refractivity contribution < 1.29 is 24.4 Å². The molecule has 130 valence electrons. The van der Waals surface area contributed by atoms with Crippen LogP contribution >= 0.6 is 0 Å². The Hall–Kier alpha value is -2.64. The largest absolute Gasteiger partial charge is 0.490 e. The summed E-state index contributed by atoms with van der Waals surface area (Å²) in [5.74, 6) is -2.00. The zero-order valence-corrected chi connectivity index (χ0v) is 13.4. The van der Waals surface area contributed by atoms with Gasteiger partial charge in [0.1, 0.15) is 0 Å². The van der Waals surface area contributed by atoms with Gasteiger partial charge in [-0.1, -0.05) is 19.3 Å². The van der Waals surface area contributed by atoms with E-state index in [9.17, 15) is 24.8 Å². The number of hydrogen-bond donors (Lipinski definition) is 2. The fraction of sp³-hybridized carbons (Fsp3) is 0.500. The van der Waals surface area contributed by atoms with Crippen molar-refractivity contribution in [3.63, 3.8) is 0 Å². The second-order valence-corrected chi connectivity index (χ2v) is 5.81. The van der Waals surface area contributed by atoms with Gasteiger partial charge >= 0.3 is 11.7 Å². The molecule has 0 aromatic heterocycles. The van der Waals surface area contributed by atoms with Gasteiger partial charge in [-0.3, -0.25) is 19.7 Å². The van der Waals surface area contributed by atoms with Crippen LogP contribution in [0.25, 0.3) is 0 Å². The second kappa shape index (κ2) is 7.76. The molecular weight excluding hydrogens is 316 g/mol. The maximum absolute atomic E-state index is 12.4. The predicted molar refractivity (Wildman–Crippen MR) is 85.1 cm³/mol. The van der Waals surface area contributed by atoms with Crippen LogP contribution in [0.15, 0.2) is 18.2 Å². The van der Waals surface area contributed by atoms with Gasteiger partial charge in [0.05, 0.1) is 18.0 Å². The van der Waals surface area contributed by atoms with Gasteiger partial charge in [-0.05, 0) is 18.9 Å². The summed E-state index contributed by atoms with van der Waals surface area (Å²) >= 11 is 0. The van der Waals surface area contributed by atoms with Crippen LogP contribution in [0.3, 0.4) is 0 Å². The smallest absolute Gasteiger partial charge is 0.310 e. The minimum absolute atomic E-state index is 0.0108. The van der Waals surface area contributed by atoms with Crippen molar-refractivity contribution in [1.82, 2.24) is 5.32 Å². The van der Waals surface area contributed by atoms with Crippen molar-refractivity contribution in [1.29, 1.82) is 0 Å². The molecule has 24 heavy (non-hydrogen) atoms. The first kappa shape index (κ1) is 17.7. The van der Waals surface area contributed by atoms with Crippen LogP contribution < -0.4 is 10.1 Å². The Labute approximate surface area is 139 Å².